The molecule has 0 aliphatic heterocycles. The fraction of sp³-hybridized carbons (Fsp3) is 0.143. The van der Waals surface area contributed by atoms with Gasteiger partial charge in [-0.05, 0) is 36.4 Å². The molecule has 0 bridgehead atoms. The van der Waals surface area contributed by atoms with E-state index in [9.17, 15) is 8.42 Å². The number of para-hydroxylation sites is 1. The highest BCUT2D eigenvalue weighted by Crippen LogP contribution is 2.16. The zero-order chi connectivity index (χ0) is 13.7. The Balaban J connectivity index is 1.97. The van der Waals surface area contributed by atoms with E-state index in [-0.39, 0.29) is 17.3 Å². The van der Waals surface area contributed by atoms with Gasteiger partial charge in [-0.25, -0.2) is 8.42 Å². The number of benzene rings is 2. The maximum absolute atomic E-state index is 12.0. The smallest absolute Gasteiger partial charge is 0.181 e. The van der Waals surface area contributed by atoms with Gasteiger partial charge in [0, 0.05) is 5.02 Å². The summed E-state index contributed by atoms with van der Waals surface area (Å²) in [5.41, 5.74) is 0. The van der Waals surface area contributed by atoms with Gasteiger partial charge in [-0.3, -0.25) is 0 Å². The van der Waals surface area contributed by atoms with Gasteiger partial charge in [0.1, 0.15) is 12.4 Å². The van der Waals surface area contributed by atoms with Gasteiger partial charge in [0.05, 0.1) is 10.6 Å². The average Bonchev–Trinajstić information content (AvgIpc) is 2.40. The van der Waals surface area contributed by atoms with Crippen LogP contribution in [0.15, 0.2) is 59.5 Å². The van der Waals surface area contributed by atoms with Gasteiger partial charge >= 0.3 is 0 Å². The first-order valence-corrected chi connectivity index (χ1v) is 7.77. The van der Waals surface area contributed by atoms with Crippen LogP contribution < -0.4 is 4.74 Å². The molecule has 0 unspecified atom stereocenters. The molecular weight excluding hydrogens is 284 g/mol. The number of hydrogen-bond acceptors (Lipinski definition) is 3. The van der Waals surface area contributed by atoms with Crippen molar-refractivity contribution < 1.29 is 13.2 Å². The van der Waals surface area contributed by atoms with Crippen molar-refractivity contribution in [3.05, 3.63) is 59.6 Å². The molecule has 0 aliphatic carbocycles. The predicted octanol–water partition coefficient (Wildman–Crippen LogP) is 3.19. The number of halogens is 1. The maximum Gasteiger partial charge on any atom is 0.181 e. The number of sulfone groups is 1. The van der Waals surface area contributed by atoms with Crippen LogP contribution in [0.4, 0.5) is 0 Å². The zero-order valence-electron chi connectivity index (χ0n) is 10.1. The van der Waals surface area contributed by atoms with Gasteiger partial charge in [-0.1, -0.05) is 29.8 Å². The van der Waals surface area contributed by atoms with E-state index in [1.54, 1.807) is 24.3 Å². The Labute approximate surface area is 117 Å². The summed E-state index contributed by atoms with van der Waals surface area (Å²) in [6.45, 7) is 0.120. The maximum atomic E-state index is 12.0. The van der Waals surface area contributed by atoms with E-state index in [1.165, 1.54) is 12.1 Å². The fourth-order valence-electron chi connectivity index (χ4n) is 1.55. The van der Waals surface area contributed by atoms with Crippen molar-refractivity contribution in [2.45, 2.75) is 4.90 Å². The lowest BCUT2D eigenvalue weighted by Crippen LogP contribution is -2.14. The third kappa shape index (κ3) is 3.98. The number of ether oxygens (including phenoxy) is 1. The van der Waals surface area contributed by atoms with Crippen LogP contribution >= 0.6 is 11.6 Å². The minimum absolute atomic E-state index is 0.0659. The van der Waals surface area contributed by atoms with Gasteiger partial charge in [0.25, 0.3) is 0 Å². The van der Waals surface area contributed by atoms with E-state index in [4.69, 9.17) is 16.3 Å². The second-order valence-corrected chi connectivity index (χ2v) is 6.48. The molecule has 0 aliphatic rings. The molecule has 0 heterocycles. The van der Waals surface area contributed by atoms with Crippen LogP contribution in [0.5, 0.6) is 5.75 Å². The van der Waals surface area contributed by atoms with E-state index >= 15 is 0 Å². The molecule has 0 atom stereocenters. The summed E-state index contributed by atoms with van der Waals surface area (Å²) >= 11 is 5.73. The Bertz CT molecular complexity index is 622. The first-order chi connectivity index (χ1) is 9.08. The molecule has 0 N–H and O–H groups in total. The summed E-state index contributed by atoms with van der Waals surface area (Å²) in [5.74, 6) is 0.595. The summed E-state index contributed by atoms with van der Waals surface area (Å²) in [6, 6.07) is 15.2. The van der Waals surface area contributed by atoms with Crippen LogP contribution in [-0.2, 0) is 9.84 Å². The minimum Gasteiger partial charge on any atom is -0.493 e. The molecule has 5 heteroatoms. The van der Waals surface area contributed by atoms with Gasteiger partial charge < -0.3 is 4.74 Å². The van der Waals surface area contributed by atoms with E-state index < -0.39 is 9.84 Å². The second-order valence-electron chi connectivity index (χ2n) is 3.93. The standard InChI is InChI=1S/C14H13ClO3S/c15-12-6-8-14(9-7-12)19(16,17)11-10-18-13-4-2-1-3-5-13/h1-9H,10-11H2. The second kappa shape index (κ2) is 6.08. The SMILES string of the molecule is O=S(=O)(CCOc1ccccc1)c1ccc(Cl)cc1. The highest BCUT2D eigenvalue weighted by Gasteiger charge is 2.14. The Morgan fingerprint density at radius 2 is 1.58 bits per heavy atom. The van der Waals surface area contributed by atoms with Gasteiger partial charge in [0.15, 0.2) is 9.84 Å². The first-order valence-electron chi connectivity index (χ1n) is 5.74. The van der Waals surface area contributed by atoms with Crippen molar-refractivity contribution in [1.29, 1.82) is 0 Å². The highest BCUT2D eigenvalue weighted by molar-refractivity contribution is 7.91. The molecule has 2 aromatic rings. The van der Waals surface area contributed by atoms with Crippen LogP contribution in [0.1, 0.15) is 0 Å². The van der Waals surface area contributed by atoms with Crippen LogP contribution in [0.3, 0.4) is 0 Å². The molecular formula is C14H13ClO3S. The van der Waals surface area contributed by atoms with E-state index in [0.717, 1.165) is 0 Å². The van der Waals surface area contributed by atoms with Crippen LogP contribution in [-0.4, -0.2) is 20.8 Å². The topological polar surface area (TPSA) is 43.4 Å². The lowest BCUT2D eigenvalue weighted by molar-refractivity contribution is 0.341. The molecule has 0 spiro atoms. The summed E-state index contributed by atoms with van der Waals surface area (Å²) in [6.07, 6.45) is 0. The number of rotatable bonds is 5. The highest BCUT2D eigenvalue weighted by atomic mass is 35.5. The average molecular weight is 297 g/mol. The summed E-state index contributed by atoms with van der Waals surface area (Å²) in [4.78, 5) is 0.258. The number of hydrogen-bond donors (Lipinski definition) is 0. The predicted molar refractivity (Wildman–Crippen MR) is 75.4 cm³/mol. The Morgan fingerprint density at radius 1 is 0.947 bits per heavy atom. The lowest BCUT2D eigenvalue weighted by Gasteiger charge is -2.07. The van der Waals surface area contributed by atoms with Crippen LogP contribution in [0.25, 0.3) is 0 Å². The van der Waals surface area contributed by atoms with Gasteiger partial charge in [-0.15, -0.1) is 0 Å². The van der Waals surface area contributed by atoms with E-state index in [1.807, 2.05) is 18.2 Å². The molecule has 19 heavy (non-hydrogen) atoms. The largest absolute Gasteiger partial charge is 0.493 e. The van der Waals surface area contributed by atoms with Crippen molar-refractivity contribution in [3.63, 3.8) is 0 Å². The summed E-state index contributed by atoms with van der Waals surface area (Å²) in [7, 11) is -3.33. The zero-order valence-corrected chi connectivity index (χ0v) is 11.7. The van der Waals surface area contributed by atoms with Crippen molar-refractivity contribution in [1.82, 2.24) is 0 Å². The molecule has 0 radical (unpaired) electrons. The quantitative estimate of drug-likeness (QED) is 0.851. The minimum atomic E-state index is -3.33. The molecule has 0 saturated carbocycles. The van der Waals surface area contributed by atoms with Crippen molar-refractivity contribution in [2.24, 2.45) is 0 Å². The molecule has 0 amide bonds. The molecule has 100 valence electrons. The summed E-state index contributed by atoms with van der Waals surface area (Å²) in [5, 5.41) is 0.513. The van der Waals surface area contributed by atoms with Crippen LogP contribution in [0, 0.1) is 0 Å². The van der Waals surface area contributed by atoms with Gasteiger partial charge in [-0.2, -0.15) is 0 Å². The molecule has 0 aromatic heterocycles. The van der Waals surface area contributed by atoms with Crippen LogP contribution in [0.2, 0.25) is 5.02 Å². The first kappa shape index (κ1) is 13.9. The lowest BCUT2D eigenvalue weighted by atomic mass is 10.3. The van der Waals surface area contributed by atoms with Crippen molar-refractivity contribution in [2.75, 3.05) is 12.4 Å². The van der Waals surface area contributed by atoms with Gasteiger partial charge in [0.2, 0.25) is 0 Å². The Hall–Kier alpha value is -1.52. The Morgan fingerprint density at radius 3 is 2.21 bits per heavy atom. The molecule has 2 rings (SSSR count). The Kier molecular flexibility index (Phi) is 4.45. The van der Waals surface area contributed by atoms with Crippen molar-refractivity contribution in [3.8, 4) is 5.75 Å². The van der Waals surface area contributed by atoms with E-state index in [0.29, 0.717) is 10.8 Å². The van der Waals surface area contributed by atoms with Crippen molar-refractivity contribution >= 4 is 21.4 Å². The molecule has 2 aromatic carbocycles. The third-order valence-corrected chi connectivity index (χ3v) is 4.48. The molecule has 0 fully saturated rings. The van der Waals surface area contributed by atoms with E-state index in [2.05, 4.69) is 0 Å². The third-order valence-electron chi connectivity index (χ3n) is 2.54. The molecule has 3 nitrogen and oxygen atoms in total. The monoisotopic (exact) mass is 296 g/mol. The fourth-order valence-corrected chi connectivity index (χ4v) is 2.76. The molecule has 0 saturated heterocycles. The summed E-state index contributed by atoms with van der Waals surface area (Å²) < 4.78 is 29.4. The normalized spacial score (nSPS) is 11.2.